The molecule has 1 fully saturated rings. The van der Waals surface area contributed by atoms with E-state index in [1.807, 2.05) is 37.3 Å². The number of hydrogen-bond donors (Lipinski definition) is 1. The quantitative estimate of drug-likeness (QED) is 0.175. The molecule has 1 N–H and O–H groups in total. The van der Waals surface area contributed by atoms with Gasteiger partial charge >= 0.3 is 0 Å². The molecule has 0 atom stereocenters. The van der Waals surface area contributed by atoms with E-state index >= 15 is 0 Å². The van der Waals surface area contributed by atoms with Crippen molar-refractivity contribution in [2.75, 3.05) is 18.7 Å². The Labute approximate surface area is 237 Å². The van der Waals surface area contributed by atoms with Gasteiger partial charge in [0.1, 0.15) is 15.8 Å². The maximum atomic E-state index is 13.6. The van der Waals surface area contributed by atoms with Crippen LogP contribution >= 0.6 is 24.0 Å². The summed E-state index contributed by atoms with van der Waals surface area (Å²) in [6, 6.07) is 9.33. The van der Waals surface area contributed by atoms with Crippen LogP contribution < -0.4 is 20.3 Å². The van der Waals surface area contributed by atoms with Gasteiger partial charge in [0.2, 0.25) is 6.79 Å². The summed E-state index contributed by atoms with van der Waals surface area (Å²) in [5, 5.41) is 3.38. The van der Waals surface area contributed by atoms with E-state index in [9.17, 15) is 9.59 Å². The number of carbonyl (C=O) groups excluding carboxylic acids is 1. The molecular weight excluding hydrogens is 532 g/mol. The number of aryl methyl sites for hydroxylation is 1. The molecule has 3 aromatic rings. The van der Waals surface area contributed by atoms with Crippen molar-refractivity contribution in [1.29, 1.82) is 0 Å². The summed E-state index contributed by atoms with van der Waals surface area (Å²) in [6.45, 7) is 5.33. The summed E-state index contributed by atoms with van der Waals surface area (Å²) < 4.78 is 12.8. The van der Waals surface area contributed by atoms with Crippen LogP contribution in [0.3, 0.4) is 0 Å². The number of nitrogens with one attached hydrogen (secondary N) is 1. The van der Waals surface area contributed by atoms with Crippen molar-refractivity contribution < 1.29 is 14.3 Å². The number of fused-ring (bicyclic) bond motifs is 2. The molecule has 5 rings (SSSR count). The lowest BCUT2D eigenvalue weighted by atomic mass is 10.1. The molecule has 1 aromatic carbocycles. The lowest BCUT2D eigenvalue weighted by Crippen LogP contribution is -2.27. The van der Waals surface area contributed by atoms with Crippen LogP contribution in [0.4, 0.5) is 5.82 Å². The van der Waals surface area contributed by atoms with E-state index in [4.69, 9.17) is 26.7 Å². The molecule has 0 spiro atoms. The van der Waals surface area contributed by atoms with E-state index in [1.165, 1.54) is 41.8 Å². The number of anilines is 1. The number of pyridine rings is 1. The molecule has 0 bridgehead atoms. The van der Waals surface area contributed by atoms with E-state index in [-0.39, 0.29) is 18.3 Å². The zero-order chi connectivity index (χ0) is 27.4. The summed E-state index contributed by atoms with van der Waals surface area (Å²) in [5.74, 6) is 1.59. The largest absolute Gasteiger partial charge is 0.454 e. The van der Waals surface area contributed by atoms with E-state index in [0.29, 0.717) is 50.8 Å². The summed E-state index contributed by atoms with van der Waals surface area (Å²) >= 11 is 6.75. The zero-order valence-electron chi connectivity index (χ0n) is 22.2. The van der Waals surface area contributed by atoms with Gasteiger partial charge < -0.3 is 14.8 Å². The van der Waals surface area contributed by atoms with Crippen molar-refractivity contribution in [3.05, 3.63) is 68.5 Å². The standard InChI is InChI=1S/C29H32N4O4S2/c1-3-4-5-6-7-8-13-30-25-21(27(34)32-14-9-10-19(2)26(32)31-25)16-24-28(35)33(29(38)39-24)17-20-11-12-22-23(15-20)37-18-36-22/h9-12,14-16,30H,3-8,13,17-18H2,1-2H3/b24-16+. The Balaban J connectivity index is 1.39. The third-order valence-electron chi connectivity index (χ3n) is 6.83. The molecule has 0 radical (unpaired) electrons. The maximum absolute atomic E-state index is 13.6. The molecule has 204 valence electrons. The first-order valence-corrected chi connectivity index (χ1v) is 14.6. The minimum absolute atomic E-state index is 0.187. The summed E-state index contributed by atoms with van der Waals surface area (Å²) in [6.07, 6.45) is 10.3. The number of hydrogen-bond acceptors (Lipinski definition) is 8. The SMILES string of the molecule is CCCCCCCCNc1nc2c(C)cccn2c(=O)c1/C=C1/SC(=S)N(Cc2ccc3c(c2)OCO3)C1=O. The maximum Gasteiger partial charge on any atom is 0.267 e. The van der Waals surface area contributed by atoms with E-state index < -0.39 is 0 Å². The summed E-state index contributed by atoms with van der Waals surface area (Å²) in [7, 11) is 0. The molecule has 0 aliphatic carbocycles. The van der Waals surface area contributed by atoms with Crippen LogP contribution in [0.5, 0.6) is 11.5 Å². The second-order valence-corrected chi connectivity index (χ2v) is 11.4. The Kier molecular flexibility index (Phi) is 8.52. The molecule has 1 saturated heterocycles. The first kappa shape index (κ1) is 27.2. The van der Waals surface area contributed by atoms with Crippen LogP contribution in [0, 0.1) is 6.92 Å². The number of amides is 1. The van der Waals surface area contributed by atoms with Crippen LogP contribution in [-0.4, -0.2) is 37.8 Å². The highest BCUT2D eigenvalue weighted by Gasteiger charge is 2.33. The molecule has 1 amide bonds. The molecular formula is C29H32N4O4S2. The predicted octanol–water partition coefficient (Wildman–Crippen LogP) is 5.91. The summed E-state index contributed by atoms with van der Waals surface area (Å²) in [5.41, 5.74) is 2.50. The number of thioether (sulfide) groups is 1. The molecule has 10 heteroatoms. The minimum Gasteiger partial charge on any atom is -0.454 e. The molecule has 39 heavy (non-hydrogen) atoms. The van der Waals surface area contributed by atoms with Gasteiger partial charge in [0.05, 0.1) is 17.0 Å². The Bertz CT molecular complexity index is 1500. The lowest BCUT2D eigenvalue weighted by Gasteiger charge is -2.15. The van der Waals surface area contributed by atoms with Gasteiger partial charge in [0.15, 0.2) is 11.5 Å². The monoisotopic (exact) mass is 564 g/mol. The van der Waals surface area contributed by atoms with Gasteiger partial charge in [-0.1, -0.05) is 75.1 Å². The van der Waals surface area contributed by atoms with Gasteiger partial charge in [-0.2, -0.15) is 0 Å². The van der Waals surface area contributed by atoms with E-state index in [0.717, 1.165) is 24.0 Å². The van der Waals surface area contributed by atoms with Gasteiger partial charge in [0.25, 0.3) is 11.5 Å². The average Bonchev–Trinajstić information content (AvgIpc) is 3.50. The molecule has 2 aliphatic rings. The normalized spacial score (nSPS) is 15.6. The third-order valence-corrected chi connectivity index (χ3v) is 8.21. The fourth-order valence-electron chi connectivity index (χ4n) is 4.68. The second-order valence-electron chi connectivity index (χ2n) is 9.71. The zero-order valence-corrected chi connectivity index (χ0v) is 23.8. The number of nitrogens with zero attached hydrogens (tertiary/aromatic N) is 3. The minimum atomic E-state index is -0.238. The fourth-order valence-corrected chi connectivity index (χ4v) is 5.91. The Hall–Kier alpha value is -3.37. The van der Waals surface area contributed by atoms with E-state index in [2.05, 4.69) is 12.2 Å². The Morgan fingerprint density at radius 3 is 2.74 bits per heavy atom. The van der Waals surface area contributed by atoms with Crippen molar-refractivity contribution in [2.24, 2.45) is 0 Å². The topological polar surface area (TPSA) is 85.2 Å². The van der Waals surface area contributed by atoms with Crippen LogP contribution in [0.2, 0.25) is 0 Å². The first-order valence-electron chi connectivity index (χ1n) is 13.4. The van der Waals surface area contributed by atoms with Crippen LogP contribution in [0.15, 0.2) is 46.2 Å². The Morgan fingerprint density at radius 1 is 1.10 bits per heavy atom. The van der Waals surface area contributed by atoms with Crippen LogP contribution in [0.1, 0.15) is 62.1 Å². The molecule has 0 unspecified atom stereocenters. The van der Waals surface area contributed by atoms with Crippen LogP contribution in [0.25, 0.3) is 11.7 Å². The molecule has 8 nitrogen and oxygen atoms in total. The highest BCUT2D eigenvalue weighted by molar-refractivity contribution is 8.26. The van der Waals surface area contributed by atoms with Gasteiger partial charge in [-0.25, -0.2) is 4.98 Å². The first-order chi connectivity index (χ1) is 19.0. The third kappa shape index (κ3) is 5.96. The predicted molar refractivity (Wildman–Crippen MR) is 159 cm³/mol. The molecule has 2 aromatic heterocycles. The lowest BCUT2D eigenvalue weighted by molar-refractivity contribution is -0.122. The number of unbranched alkanes of at least 4 members (excludes halogenated alkanes) is 5. The van der Waals surface area contributed by atoms with Gasteiger partial charge in [-0.05, 0) is 48.7 Å². The molecule has 2 aliphatic heterocycles. The number of rotatable bonds is 11. The molecule has 0 saturated carbocycles. The number of carbonyl (C=O) groups is 1. The summed E-state index contributed by atoms with van der Waals surface area (Å²) in [4.78, 5) is 33.8. The van der Waals surface area contributed by atoms with E-state index in [1.54, 1.807) is 17.2 Å². The highest BCUT2D eigenvalue weighted by Crippen LogP contribution is 2.36. The van der Waals surface area contributed by atoms with Crippen molar-refractivity contribution >= 4 is 51.7 Å². The van der Waals surface area contributed by atoms with Gasteiger partial charge in [-0.15, -0.1) is 0 Å². The van der Waals surface area contributed by atoms with Crippen molar-refractivity contribution in [1.82, 2.24) is 14.3 Å². The van der Waals surface area contributed by atoms with Crippen molar-refractivity contribution in [3.63, 3.8) is 0 Å². The smallest absolute Gasteiger partial charge is 0.267 e. The van der Waals surface area contributed by atoms with Gasteiger partial charge in [0, 0.05) is 12.7 Å². The average molecular weight is 565 g/mol. The molecule has 4 heterocycles. The van der Waals surface area contributed by atoms with Gasteiger partial charge in [-0.3, -0.25) is 18.9 Å². The highest BCUT2D eigenvalue weighted by atomic mass is 32.2. The number of thiocarbonyl (C=S) groups is 1. The van der Waals surface area contributed by atoms with Crippen molar-refractivity contribution in [2.45, 2.75) is 58.9 Å². The fraction of sp³-hybridized carbons (Fsp3) is 0.379. The number of benzene rings is 1. The number of ether oxygens (including phenoxy) is 2. The Morgan fingerprint density at radius 2 is 1.90 bits per heavy atom. The second kappa shape index (κ2) is 12.2. The number of aromatic nitrogens is 2. The van der Waals surface area contributed by atoms with Crippen molar-refractivity contribution in [3.8, 4) is 11.5 Å². The van der Waals surface area contributed by atoms with Crippen LogP contribution in [-0.2, 0) is 11.3 Å².